The zero-order chi connectivity index (χ0) is 20.3. The summed E-state index contributed by atoms with van der Waals surface area (Å²) in [5, 5.41) is 18.8. The van der Waals surface area contributed by atoms with Crippen LogP contribution in [0, 0.1) is 6.92 Å². The van der Waals surface area contributed by atoms with E-state index in [1.165, 1.54) is 0 Å². The Hall–Kier alpha value is -3.40. The molecule has 0 bridgehead atoms. The molecule has 0 radical (unpaired) electrons. The molecule has 1 atom stereocenters. The number of aromatic amines is 1. The molecule has 0 amide bonds. The van der Waals surface area contributed by atoms with E-state index in [2.05, 4.69) is 40.8 Å². The van der Waals surface area contributed by atoms with Crippen LogP contribution in [0.1, 0.15) is 30.1 Å². The van der Waals surface area contributed by atoms with Gasteiger partial charge in [-0.25, -0.2) is 15.0 Å². The molecule has 10 heteroatoms. The van der Waals surface area contributed by atoms with Crippen molar-refractivity contribution in [2.75, 3.05) is 23.3 Å². The average molecular weight is 420 g/mol. The number of nitrogens with zero attached hydrogens (tertiary/aromatic N) is 7. The van der Waals surface area contributed by atoms with Crippen molar-refractivity contribution in [3.63, 3.8) is 0 Å². The number of hydrogen-bond donors (Lipinski definition) is 2. The number of piperidine rings is 1. The molecule has 0 spiro atoms. The van der Waals surface area contributed by atoms with Gasteiger partial charge in [0.15, 0.2) is 11.0 Å². The smallest absolute Gasteiger partial charge is 0.185 e. The lowest BCUT2D eigenvalue weighted by molar-refractivity contribution is 0.491. The largest absolute Gasteiger partial charge is 0.347 e. The van der Waals surface area contributed by atoms with Crippen LogP contribution in [-0.2, 0) is 0 Å². The molecule has 2 N–H and O–H groups in total. The predicted octanol–water partition coefficient (Wildman–Crippen LogP) is 3.55. The van der Waals surface area contributed by atoms with Crippen molar-refractivity contribution in [1.82, 2.24) is 35.6 Å². The molecular formula is C20H21N9S. The summed E-state index contributed by atoms with van der Waals surface area (Å²) in [5.74, 6) is 2.60. The summed E-state index contributed by atoms with van der Waals surface area (Å²) in [4.78, 5) is 17.1. The molecular weight excluding hydrogens is 398 g/mol. The fourth-order valence-electron chi connectivity index (χ4n) is 3.61. The fourth-order valence-corrected chi connectivity index (χ4v) is 4.53. The van der Waals surface area contributed by atoms with Gasteiger partial charge in [0, 0.05) is 31.4 Å². The Kier molecular flexibility index (Phi) is 5.06. The van der Waals surface area contributed by atoms with Gasteiger partial charge in [0.25, 0.3) is 0 Å². The molecule has 5 rings (SSSR count). The Balaban J connectivity index is 1.33. The maximum absolute atomic E-state index is 4.75. The van der Waals surface area contributed by atoms with Crippen LogP contribution in [0.2, 0.25) is 0 Å². The van der Waals surface area contributed by atoms with E-state index in [1.807, 2.05) is 43.5 Å². The number of H-pyrrole nitrogens is 1. The van der Waals surface area contributed by atoms with Gasteiger partial charge >= 0.3 is 0 Å². The van der Waals surface area contributed by atoms with Gasteiger partial charge < -0.3 is 10.2 Å². The van der Waals surface area contributed by atoms with Crippen molar-refractivity contribution < 1.29 is 0 Å². The number of nitrogens with one attached hydrogen (secondary N) is 2. The predicted molar refractivity (Wildman–Crippen MR) is 116 cm³/mol. The Morgan fingerprint density at radius 1 is 1.20 bits per heavy atom. The molecule has 1 aliphatic heterocycles. The minimum Gasteiger partial charge on any atom is -0.347 e. The minimum atomic E-state index is 0.275. The number of aromatic nitrogens is 7. The van der Waals surface area contributed by atoms with Crippen LogP contribution in [0.5, 0.6) is 0 Å². The highest BCUT2D eigenvalue weighted by atomic mass is 32.1. The van der Waals surface area contributed by atoms with E-state index in [1.54, 1.807) is 17.5 Å². The second kappa shape index (κ2) is 8.15. The van der Waals surface area contributed by atoms with Gasteiger partial charge in [0.05, 0.1) is 10.6 Å². The maximum atomic E-state index is 4.75. The number of pyridine rings is 2. The minimum absolute atomic E-state index is 0.275. The number of thiazole rings is 1. The standard InChI is InChI=1S/C20H21N9S/c1-13-7-8-21-18(10-13)24-17-6-2-5-15(23-17)16-11-22-20(30-16)29-9-3-4-14(12-29)19-25-27-28-26-19/h2,5-8,10-11,14H,3-4,9,12H2,1H3,(H,21,23,24)(H,25,26,27,28). The molecule has 0 aliphatic carbocycles. The number of anilines is 3. The van der Waals surface area contributed by atoms with Gasteiger partial charge in [-0.3, -0.25) is 0 Å². The van der Waals surface area contributed by atoms with Gasteiger partial charge in [-0.15, -0.1) is 10.2 Å². The van der Waals surface area contributed by atoms with Crippen molar-refractivity contribution in [3.05, 3.63) is 54.1 Å². The van der Waals surface area contributed by atoms with E-state index in [0.29, 0.717) is 0 Å². The maximum Gasteiger partial charge on any atom is 0.185 e. The van der Waals surface area contributed by atoms with Gasteiger partial charge in [-0.05, 0) is 49.6 Å². The summed E-state index contributed by atoms with van der Waals surface area (Å²) >= 11 is 1.65. The Labute approximate surface area is 177 Å². The van der Waals surface area contributed by atoms with Crippen LogP contribution in [0.4, 0.5) is 16.8 Å². The first-order valence-electron chi connectivity index (χ1n) is 9.86. The van der Waals surface area contributed by atoms with Crippen molar-refractivity contribution in [3.8, 4) is 10.6 Å². The van der Waals surface area contributed by atoms with E-state index in [-0.39, 0.29) is 5.92 Å². The highest BCUT2D eigenvalue weighted by Crippen LogP contribution is 2.34. The topological polar surface area (TPSA) is 108 Å². The first-order valence-corrected chi connectivity index (χ1v) is 10.7. The molecule has 0 aromatic carbocycles. The average Bonchev–Trinajstić information content (AvgIpc) is 3.47. The third-order valence-electron chi connectivity index (χ3n) is 5.09. The highest BCUT2D eigenvalue weighted by Gasteiger charge is 2.26. The number of hydrogen-bond acceptors (Lipinski definition) is 9. The summed E-state index contributed by atoms with van der Waals surface area (Å²) < 4.78 is 0. The van der Waals surface area contributed by atoms with Crippen LogP contribution in [0.15, 0.2) is 42.7 Å². The van der Waals surface area contributed by atoms with E-state index < -0.39 is 0 Å². The highest BCUT2D eigenvalue weighted by molar-refractivity contribution is 7.18. The van der Waals surface area contributed by atoms with E-state index >= 15 is 0 Å². The third-order valence-corrected chi connectivity index (χ3v) is 6.17. The Bertz CT molecular complexity index is 1120. The van der Waals surface area contributed by atoms with Crippen LogP contribution in [-0.4, -0.2) is 48.7 Å². The van der Waals surface area contributed by atoms with Gasteiger partial charge in [0.1, 0.15) is 11.6 Å². The monoisotopic (exact) mass is 419 g/mol. The van der Waals surface area contributed by atoms with Crippen molar-refractivity contribution in [2.24, 2.45) is 0 Å². The van der Waals surface area contributed by atoms with Crippen LogP contribution >= 0.6 is 11.3 Å². The lowest BCUT2D eigenvalue weighted by Gasteiger charge is -2.30. The van der Waals surface area contributed by atoms with Crippen molar-refractivity contribution in [1.29, 1.82) is 0 Å². The molecule has 1 saturated heterocycles. The number of tetrazole rings is 1. The van der Waals surface area contributed by atoms with Crippen LogP contribution in [0.3, 0.4) is 0 Å². The van der Waals surface area contributed by atoms with Crippen LogP contribution < -0.4 is 10.2 Å². The molecule has 1 aliphatic rings. The molecule has 9 nitrogen and oxygen atoms in total. The van der Waals surface area contributed by atoms with E-state index in [0.717, 1.165) is 64.7 Å². The summed E-state index contributed by atoms with van der Waals surface area (Å²) in [6, 6.07) is 9.90. The first kappa shape index (κ1) is 18.6. The Morgan fingerprint density at radius 3 is 3.03 bits per heavy atom. The van der Waals surface area contributed by atoms with Crippen molar-refractivity contribution in [2.45, 2.75) is 25.7 Å². The second-order valence-corrected chi connectivity index (χ2v) is 8.32. The molecule has 5 heterocycles. The molecule has 4 aromatic rings. The number of aryl methyl sites for hydroxylation is 1. The molecule has 4 aromatic heterocycles. The second-order valence-electron chi connectivity index (χ2n) is 7.31. The molecule has 1 fully saturated rings. The molecule has 30 heavy (non-hydrogen) atoms. The van der Waals surface area contributed by atoms with Gasteiger partial charge in [0.2, 0.25) is 0 Å². The number of rotatable bonds is 5. The van der Waals surface area contributed by atoms with E-state index in [4.69, 9.17) is 4.98 Å². The Morgan fingerprint density at radius 2 is 2.17 bits per heavy atom. The summed E-state index contributed by atoms with van der Waals surface area (Å²) in [7, 11) is 0. The van der Waals surface area contributed by atoms with E-state index in [9.17, 15) is 0 Å². The zero-order valence-corrected chi connectivity index (χ0v) is 17.3. The zero-order valence-electron chi connectivity index (χ0n) is 16.5. The third kappa shape index (κ3) is 3.99. The lowest BCUT2D eigenvalue weighted by atomic mass is 9.98. The molecule has 0 saturated carbocycles. The molecule has 152 valence electrons. The van der Waals surface area contributed by atoms with Gasteiger partial charge in [-0.1, -0.05) is 22.6 Å². The molecule has 1 unspecified atom stereocenters. The summed E-state index contributed by atoms with van der Waals surface area (Å²) in [5.41, 5.74) is 2.04. The quantitative estimate of drug-likeness (QED) is 0.506. The summed E-state index contributed by atoms with van der Waals surface area (Å²) in [6.45, 7) is 3.87. The normalized spacial score (nSPS) is 16.6. The van der Waals surface area contributed by atoms with Gasteiger partial charge in [-0.2, -0.15) is 5.21 Å². The SMILES string of the molecule is Cc1ccnc(Nc2cccc(-c3cnc(N4CCCC(c5nn[nH]n5)C4)s3)n2)c1. The van der Waals surface area contributed by atoms with Crippen molar-refractivity contribution >= 4 is 28.1 Å². The van der Waals surface area contributed by atoms with Crippen LogP contribution in [0.25, 0.3) is 10.6 Å². The lowest BCUT2D eigenvalue weighted by Crippen LogP contribution is -2.34. The first-order chi connectivity index (χ1) is 14.7. The fraction of sp³-hybridized carbons (Fsp3) is 0.300. The summed E-state index contributed by atoms with van der Waals surface area (Å²) in [6.07, 6.45) is 5.83.